The lowest BCUT2D eigenvalue weighted by Crippen LogP contribution is -2.03. The van der Waals surface area contributed by atoms with Crippen LogP contribution in [0.3, 0.4) is 0 Å². The highest BCUT2D eigenvalue weighted by Gasteiger charge is 2.18. The van der Waals surface area contributed by atoms with Crippen LogP contribution in [0.1, 0.15) is 11.1 Å². The number of aromatic hydroxyl groups is 1. The van der Waals surface area contributed by atoms with Crippen LogP contribution in [0.5, 0.6) is 5.88 Å². The van der Waals surface area contributed by atoms with Gasteiger partial charge in [0.25, 0.3) is 0 Å². The number of nitrogen functional groups attached to an aromatic ring is 1. The molecule has 4 nitrogen and oxygen atoms in total. The van der Waals surface area contributed by atoms with Crippen LogP contribution in [-0.2, 0) is 0 Å². The minimum Gasteiger partial charge on any atom is -0.494 e. The molecule has 1 aromatic heterocycles. The third kappa shape index (κ3) is 2.85. The van der Waals surface area contributed by atoms with Crippen molar-refractivity contribution in [3.63, 3.8) is 0 Å². The van der Waals surface area contributed by atoms with Crippen molar-refractivity contribution in [2.75, 3.05) is 5.73 Å². The number of hydrogen-bond acceptors (Lipinski definition) is 3. The average Bonchev–Trinajstić information content (AvgIpc) is 2.96. The first kappa shape index (κ1) is 15.0. The molecule has 25 heavy (non-hydrogen) atoms. The monoisotopic (exact) mass is 327 g/mol. The number of benzene rings is 3. The highest BCUT2D eigenvalue weighted by molar-refractivity contribution is 6.22. The van der Waals surface area contributed by atoms with Crippen LogP contribution in [0.15, 0.2) is 83.9 Å². The molecular weight excluding hydrogens is 310 g/mol. The van der Waals surface area contributed by atoms with Crippen LogP contribution in [0.2, 0.25) is 0 Å². The van der Waals surface area contributed by atoms with E-state index in [0.717, 1.165) is 22.2 Å². The molecule has 0 bridgehead atoms. The maximum atomic E-state index is 10.6. The molecule has 4 rings (SSSR count). The first-order valence-corrected chi connectivity index (χ1v) is 8.02. The van der Waals surface area contributed by atoms with E-state index in [1.165, 1.54) is 0 Å². The predicted octanol–water partition coefficient (Wildman–Crippen LogP) is 4.62. The van der Waals surface area contributed by atoms with Crippen LogP contribution in [0.25, 0.3) is 10.9 Å². The normalized spacial score (nSPS) is 11.8. The first-order valence-electron chi connectivity index (χ1n) is 8.02. The number of nitrogens with two attached hydrogens (primary N) is 1. The van der Waals surface area contributed by atoms with Gasteiger partial charge in [-0.2, -0.15) is 0 Å². The van der Waals surface area contributed by atoms with Gasteiger partial charge in [0.1, 0.15) is 0 Å². The van der Waals surface area contributed by atoms with E-state index in [9.17, 15) is 5.11 Å². The molecule has 0 aliphatic carbocycles. The molecule has 4 heteroatoms. The summed E-state index contributed by atoms with van der Waals surface area (Å²) in [4.78, 5) is 7.82. The summed E-state index contributed by atoms with van der Waals surface area (Å²) in [6.07, 6.45) is 0. The Morgan fingerprint density at radius 3 is 2.28 bits per heavy atom. The van der Waals surface area contributed by atoms with Gasteiger partial charge < -0.3 is 15.8 Å². The van der Waals surface area contributed by atoms with E-state index in [4.69, 9.17) is 10.7 Å². The van der Waals surface area contributed by atoms with Gasteiger partial charge in [0.05, 0.1) is 17.0 Å². The number of aromatic amines is 1. The first-order chi connectivity index (χ1) is 12.2. The fourth-order valence-electron chi connectivity index (χ4n) is 2.93. The van der Waals surface area contributed by atoms with E-state index in [0.29, 0.717) is 17.0 Å². The third-order valence-corrected chi connectivity index (χ3v) is 4.08. The van der Waals surface area contributed by atoms with E-state index in [-0.39, 0.29) is 5.88 Å². The average molecular weight is 327 g/mol. The summed E-state index contributed by atoms with van der Waals surface area (Å²) >= 11 is 0. The summed E-state index contributed by atoms with van der Waals surface area (Å²) in [5.41, 5.74) is 10.5. The molecule has 0 fully saturated rings. The van der Waals surface area contributed by atoms with Crippen LogP contribution in [-0.4, -0.2) is 15.8 Å². The standard InChI is InChI=1S/C21H17N3O/c22-15-11-12-18-17(13-15)19(21(25)24-18)20(14-7-3-1-4-8-14)23-16-9-5-2-6-10-16/h1-13,24-25H,22H2. The zero-order chi connectivity index (χ0) is 17.2. The van der Waals surface area contributed by atoms with Gasteiger partial charge in [0.15, 0.2) is 5.88 Å². The van der Waals surface area contributed by atoms with E-state index in [1.54, 1.807) is 6.07 Å². The molecule has 0 aliphatic heterocycles. The number of nitrogens with zero attached hydrogens (tertiary/aromatic N) is 1. The highest BCUT2D eigenvalue weighted by Crippen LogP contribution is 2.32. The summed E-state index contributed by atoms with van der Waals surface area (Å²) in [5.74, 6) is 0.0825. The second-order valence-electron chi connectivity index (χ2n) is 5.82. The van der Waals surface area contributed by atoms with Gasteiger partial charge in [-0.25, -0.2) is 4.99 Å². The maximum absolute atomic E-state index is 10.6. The number of hydrogen-bond donors (Lipinski definition) is 3. The van der Waals surface area contributed by atoms with Crippen molar-refractivity contribution in [3.05, 3.63) is 90.0 Å². The Morgan fingerprint density at radius 2 is 1.56 bits per heavy atom. The molecule has 3 aromatic carbocycles. The predicted molar refractivity (Wildman–Crippen MR) is 103 cm³/mol. The molecule has 0 spiro atoms. The highest BCUT2D eigenvalue weighted by atomic mass is 16.3. The van der Waals surface area contributed by atoms with E-state index in [1.807, 2.05) is 72.8 Å². The van der Waals surface area contributed by atoms with Crippen molar-refractivity contribution in [1.29, 1.82) is 0 Å². The van der Waals surface area contributed by atoms with Crippen LogP contribution in [0.4, 0.5) is 11.4 Å². The fraction of sp³-hybridized carbons (Fsp3) is 0. The fourth-order valence-corrected chi connectivity index (χ4v) is 2.93. The zero-order valence-corrected chi connectivity index (χ0v) is 13.5. The zero-order valence-electron chi connectivity index (χ0n) is 13.5. The Bertz CT molecular complexity index is 1050. The number of para-hydroxylation sites is 1. The van der Waals surface area contributed by atoms with Crippen molar-refractivity contribution in [2.24, 2.45) is 4.99 Å². The third-order valence-electron chi connectivity index (χ3n) is 4.08. The molecule has 0 saturated heterocycles. The topological polar surface area (TPSA) is 74.4 Å². The summed E-state index contributed by atoms with van der Waals surface area (Å²) in [5, 5.41) is 11.4. The summed E-state index contributed by atoms with van der Waals surface area (Å²) in [7, 11) is 0. The summed E-state index contributed by atoms with van der Waals surface area (Å²) in [6, 6.07) is 25.0. The van der Waals surface area contributed by atoms with Crippen molar-refractivity contribution in [3.8, 4) is 5.88 Å². The van der Waals surface area contributed by atoms with Gasteiger partial charge in [-0.1, -0.05) is 48.5 Å². The number of aromatic nitrogens is 1. The quantitative estimate of drug-likeness (QED) is 0.379. The molecule has 0 saturated carbocycles. The van der Waals surface area contributed by atoms with Gasteiger partial charge in [0.2, 0.25) is 0 Å². The van der Waals surface area contributed by atoms with Crippen LogP contribution < -0.4 is 5.73 Å². The number of nitrogens with one attached hydrogen (secondary N) is 1. The molecule has 0 amide bonds. The summed E-state index contributed by atoms with van der Waals surface area (Å²) < 4.78 is 0. The van der Waals surface area contributed by atoms with E-state index >= 15 is 0 Å². The number of anilines is 1. The molecule has 0 unspecified atom stereocenters. The Morgan fingerprint density at radius 1 is 0.880 bits per heavy atom. The number of fused-ring (bicyclic) bond motifs is 1. The Labute approximate surface area is 145 Å². The molecule has 0 radical (unpaired) electrons. The SMILES string of the molecule is Nc1ccc2[nH]c(O)c(C(=Nc3ccccc3)c3ccccc3)c2c1. The van der Waals surface area contributed by atoms with Crippen LogP contribution in [0, 0.1) is 0 Å². The lowest BCUT2D eigenvalue weighted by molar-refractivity contribution is 0.457. The number of H-pyrrole nitrogens is 1. The molecule has 1 heterocycles. The molecule has 0 aliphatic rings. The van der Waals surface area contributed by atoms with Crippen molar-refractivity contribution in [2.45, 2.75) is 0 Å². The van der Waals surface area contributed by atoms with E-state index in [2.05, 4.69) is 4.98 Å². The van der Waals surface area contributed by atoms with Gasteiger partial charge in [-0.3, -0.25) is 0 Å². The van der Waals surface area contributed by atoms with Gasteiger partial charge in [-0.05, 0) is 30.3 Å². The lowest BCUT2D eigenvalue weighted by Gasteiger charge is -2.08. The molecule has 0 atom stereocenters. The smallest absolute Gasteiger partial charge is 0.199 e. The second-order valence-corrected chi connectivity index (χ2v) is 5.82. The Balaban J connectivity index is 2.01. The summed E-state index contributed by atoms with van der Waals surface area (Å²) in [6.45, 7) is 0. The molecule has 4 N–H and O–H groups in total. The van der Waals surface area contributed by atoms with Crippen molar-refractivity contribution in [1.82, 2.24) is 4.98 Å². The minimum absolute atomic E-state index is 0.0825. The maximum Gasteiger partial charge on any atom is 0.199 e. The lowest BCUT2D eigenvalue weighted by atomic mass is 10.0. The van der Waals surface area contributed by atoms with Gasteiger partial charge in [-0.15, -0.1) is 0 Å². The second kappa shape index (κ2) is 6.17. The molecular formula is C21H17N3O. The van der Waals surface area contributed by atoms with Gasteiger partial charge >= 0.3 is 0 Å². The van der Waals surface area contributed by atoms with Crippen LogP contribution >= 0.6 is 0 Å². The van der Waals surface area contributed by atoms with E-state index < -0.39 is 0 Å². The van der Waals surface area contributed by atoms with Gasteiger partial charge in [0, 0.05) is 22.2 Å². The molecule has 122 valence electrons. The van der Waals surface area contributed by atoms with Crippen molar-refractivity contribution >= 4 is 28.0 Å². The van der Waals surface area contributed by atoms with Crippen molar-refractivity contribution < 1.29 is 5.11 Å². The minimum atomic E-state index is 0.0825. The molecule has 4 aromatic rings. The largest absolute Gasteiger partial charge is 0.494 e. The number of aliphatic imine (C=N–C) groups is 1. The number of rotatable bonds is 3. The Kier molecular flexibility index (Phi) is 3.71. The Hall–Kier alpha value is -3.53.